The van der Waals surface area contributed by atoms with Crippen molar-refractivity contribution >= 4 is 23.5 Å². The van der Waals surface area contributed by atoms with Gasteiger partial charge in [-0.1, -0.05) is 54.1 Å². The molecule has 0 radical (unpaired) electrons. The number of aliphatic imine (C=N–C) groups is 1. The number of halogens is 1. The van der Waals surface area contributed by atoms with E-state index in [0.717, 1.165) is 33.1 Å². The molecular weight excluding hydrogens is 318 g/mol. The van der Waals surface area contributed by atoms with E-state index >= 15 is 0 Å². The van der Waals surface area contributed by atoms with Gasteiger partial charge in [-0.3, -0.25) is 4.99 Å². The molecule has 0 atom stereocenters. The molecule has 24 heavy (non-hydrogen) atoms. The summed E-state index contributed by atoms with van der Waals surface area (Å²) in [6.45, 7) is 2.54. The van der Waals surface area contributed by atoms with Crippen molar-refractivity contribution in [1.29, 1.82) is 0 Å². The topological polar surface area (TPSA) is 21.6 Å². The standard InChI is InChI=1S/C21H18ClNO/c1-16-6-2-3-11-21(16)23-14-17-7-5-10-20(13-17)24-15-18-8-4-9-19(22)12-18/h2-14H,15H2,1H3. The lowest BCUT2D eigenvalue weighted by molar-refractivity contribution is 0.306. The molecule has 0 aliphatic heterocycles. The molecule has 3 rings (SSSR count). The Labute approximate surface area is 147 Å². The van der Waals surface area contributed by atoms with Crippen LogP contribution in [0, 0.1) is 6.92 Å². The van der Waals surface area contributed by atoms with Crippen LogP contribution < -0.4 is 4.74 Å². The first kappa shape index (κ1) is 16.3. The average molecular weight is 336 g/mol. The Kier molecular flexibility index (Phi) is 5.29. The second-order valence-corrected chi connectivity index (χ2v) is 5.97. The molecule has 2 nitrogen and oxygen atoms in total. The Balaban J connectivity index is 1.69. The average Bonchev–Trinajstić information content (AvgIpc) is 2.60. The van der Waals surface area contributed by atoms with Crippen LogP contribution in [0.1, 0.15) is 16.7 Å². The van der Waals surface area contributed by atoms with E-state index in [1.165, 1.54) is 0 Å². The molecule has 120 valence electrons. The van der Waals surface area contributed by atoms with Gasteiger partial charge in [0.1, 0.15) is 12.4 Å². The SMILES string of the molecule is Cc1ccccc1N=Cc1cccc(OCc2cccc(Cl)c2)c1. The number of aryl methyl sites for hydroxylation is 1. The van der Waals surface area contributed by atoms with Crippen molar-refractivity contribution in [2.45, 2.75) is 13.5 Å². The van der Waals surface area contributed by atoms with E-state index < -0.39 is 0 Å². The highest BCUT2D eigenvalue weighted by Crippen LogP contribution is 2.19. The number of para-hydroxylation sites is 1. The van der Waals surface area contributed by atoms with Gasteiger partial charge in [-0.25, -0.2) is 0 Å². The Morgan fingerprint density at radius 2 is 1.79 bits per heavy atom. The molecule has 0 saturated heterocycles. The number of nitrogens with zero attached hydrogens (tertiary/aromatic N) is 1. The van der Waals surface area contributed by atoms with Crippen LogP contribution >= 0.6 is 11.6 Å². The van der Waals surface area contributed by atoms with Crippen LogP contribution in [0.4, 0.5) is 5.69 Å². The largest absolute Gasteiger partial charge is 0.489 e. The van der Waals surface area contributed by atoms with E-state index in [0.29, 0.717) is 6.61 Å². The van der Waals surface area contributed by atoms with Crippen LogP contribution in [0.3, 0.4) is 0 Å². The number of benzene rings is 3. The summed E-state index contributed by atoms with van der Waals surface area (Å²) in [6.07, 6.45) is 1.86. The van der Waals surface area contributed by atoms with Crippen molar-refractivity contribution in [1.82, 2.24) is 0 Å². The monoisotopic (exact) mass is 335 g/mol. The Morgan fingerprint density at radius 3 is 2.62 bits per heavy atom. The van der Waals surface area contributed by atoms with E-state index in [-0.39, 0.29) is 0 Å². The van der Waals surface area contributed by atoms with Gasteiger partial charge in [0.15, 0.2) is 0 Å². The lowest BCUT2D eigenvalue weighted by atomic mass is 10.2. The fourth-order valence-electron chi connectivity index (χ4n) is 2.33. The highest BCUT2D eigenvalue weighted by molar-refractivity contribution is 6.30. The van der Waals surface area contributed by atoms with Gasteiger partial charge in [-0.15, -0.1) is 0 Å². The maximum absolute atomic E-state index is 5.99. The second kappa shape index (κ2) is 7.80. The summed E-state index contributed by atoms with van der Waals surface area (Å²) >= 11 is 5.99. The first-order chi connectivity index (χ1) is 11.7. The maximum Gasteiger partial charge on any atom is 0.120 e. The van der Waals surface area contributed by atoms with Crippen LogP contribution in [0.2, 0.25) is 5.02 Å². The first-order valence-corrected chi connectivity index (χ1v) is 8.15. The van der Waals surface area contributed by atoms with Crippen molar-refractivity contribution in [3.63, 3.8) is 0 Å². The highest BCUT2D eigenvalue weighted by atomic mass is 35.5. The van der Waals surface area contributed by atoms with E-state index in [1.54, 1.807) is 0 Å². The number of rotatable bonds is 5. The van der Waals surface area contributed by atoms with E-state index in [9.17, 15) is 0 Å². The first-order valence-electron chi connectivity index (χ1n) is 7.78. The van der Waals surface area contributed by atoms with Crippen LogP contribution in [-0.4, -0.2) is 6.21 Å². The number of hydrogen-bond acceptors (Lipinski definition) is 2. The van der Waals surface area contributed by atoms with Crippen molar-refractivity contribution in [2.24, 2.45) is 4.99 Å². The van der Waals surface area contributed by atoms with Crippen molar-refractivity contribution in [3.05, 3.63) is 94.5 Å². The molecule has 0 N–H and O–H groups in total. The lowest BCUT2D eigenvalue weighted by Gasteiger charge is -2.07. The van der Waals surface area contributed by atoms with Gasteiger partial charge in [0, 0.05) is 11.2 Å². The molecule has 0 aromatic heterocycles. The van der Waals surface area contributed by atoms with Crippen molar-refractivity contribution in [3.8, 4) is 5.75 Å². The zero-order valence-electron chi connectivity index (χ0n) is 13.4. The predicted octanol–water partition coefficient (Wildman–Crippen LogP) is 5.98. The van der Waals surface area contributed by atoms with Gasteiger partial charge in [0.25, 0.3) is 0 Å². The third-order valence-corrected chi connectivity index (χ3v) is 3.86. The van der Waals surface area contributed by atoms with Crippen LogP contribution in [0.25, 0.3) is 0 Å². The van der Waals surface area contributed by atoms with Crippen LogP contribution in [0.15, 0.2) is 77.8 Å². The summed E-state index contributed by atoms with van der Waals surface area (Å²) in [5.41, 5.74) is 4.17. The maximum atomic E-state index is 5.99. The molecule has 3 aromatic carbocycles. The zero-order chi connectivity index (χ0) is 16.8. The predicted molar refractivity (Wildman–Crippen MR) is 101 cm³/mol. The molecule has 0 bridgehead atoms. The third-order valence-electron chi connectivity index (χ3n) is 3.62. The lowest BCUT2D eigenvalue weighted by Crippen LogP contribution is -1.95. The molecule has 3 heteroatoms. The van der Waals surface area contributed by atoms with Gasteiger partial charge in [0.05, 0.1) is 5.69 Å². The van der Waals surface area contributed by atoms with Gasteiger partial charge in [0.2, 0.25) is 0 Å². The summed E-state index contributed by atoms with van der Waals surface area (Å²) in [5, 5.41) is 0.718. The normalized spacial score (nSPS) is 10.9. The summed E-state index contributed by atoms with van der Waals surface area (Å²) in [6, 6.07) is 23.6. The molecule has 0 aliphatic carbocycles. The third kappa shape index (κ3) is 4.46. The van der Waals surface area contributed by atoms with Gasteiger partial charge in [-0.2, -0.15) is 0 Å². The fourth-order valence-corrected chi connectivity index (χ4v) is 2.54. The Hall–Kier alpha value is -2.58. The fraction of sp³-hybridized carbons (Fsp3) is 0.0952. The molecule has 0 amide bonds. The number of hydrogen-bond donors (Lipinski definition) is 0. The minimum Gasteiger partial charge on any atom is -0.489 e. The molecule has 0 unspecified atom stereocenters. The molecule has 0 aliphatic rings. The molecular formula is C21H18ClNO. The minimum absolute atomic E-state index is 0.485. The number of ether oxygens (including phenoxy) is 1. The van der Waals surface area contributed by atoms with Crippen LogP contribution in [0.5, 0.6) is 5.75 Å². The summed E-state index contributed by atoms with van der Waals surface area (Å²) < 4.78 is 5.84. The molecule has 0 fully saturated rings. The quantitative estimate of drug-likeness (QED) is 0.526. The van der Waals surface area contributed by atoms with Crippen molar-refractivity contribution in [2.75, 3.05) is 0 Å². The van der Waals surface area contributed by atoms with Gasteiger partial charge in [-0.05, 0) is 53.9 Å². The molecule has 0 heterocycles. The highest BCUT2D eigenvalue weighted by Gasteiger charge is 1.99. The summed E-state index contributed by atoms with van der Waals surface area (Å²) in [5.74, 6) is 0.809. The minimum atomic E-state index is 0.485. The van der Waals surface area contributed by atoms with Gasteiger partial charge < -0.3 is 4.74 Å². The smallest absolute Gasteiger partial charge is 0.120 e. The van der Waals surface area contributed by atoms with E-state index in [2.05, 4.69) is 18.0 Å². The van der Waals surface area contributed by atoms with E-state index in [1.807, 2.05) is 72.9 Å². The molecule has 0 spiro atoms. The Bertz CT molecular complexity index is 858. The summed E-state index contributed by atoms with van der Waals surface area (Å²) in [7, 11) is 0. The van der Waals surface area contributed by atoms with Crippen molar-refractivity contribution < 1.29 is 4.74 Å². The zero-order valence-corrected chi connectivity index (χ0v) is 14.2. The summed E-state index contributed by atoms with van der Waals surface area (Å²) in [4.78, 5) is 4.55. The van der Waals surface area contributed by atoms with E-state index in [4.69, 9.17) is 16.3 Å². The second-order valence-electron chi connectivity index (χ2n) is 5.54. The Morgan fingerprint density at radius 1 is 0.958 bits per heavy atom. The molecule has 0 saturated carbocycles. The van der Waals surface area contributed by atoms with Gasteiger partial charge >= 0.3 is 0 Å². The van der Waals surface area contributed by atoms with Crippen LogP contribution in [-0.2, 0) is 6.61 Å². The molecule has 3 aromatic rings.